The molecule has 1 aliphatic rings. The first kappa shape index (κ1) is 24.1. The van der Waals surface area contributed by atoms with E-state index in [1.54, 1.807) is 47.4 Å². The monoisotopic (exact) mass is 473 g/mol. The van der Waals surface area contributed by atoms with Crippen LogP contribution < -0.4 is 4.90 Å². The fourth-order valence-electron chi connectivity index (χ4n) is 4.07. The van der Waals surface area contributed by atoms with Crippen LogP contribution in [0.1, 0.15) is 16.8 Å². The highest BCUT2D eigenvalue weighted by atomic mass is 19.1. The van der Waals surface area contributed by atoms with E-state index in [0.717, 1.165) is 24.3 Å². The highest BCUT2D eigenvalue weighted by molar-refractivity contribution is 5.96. The molecule has 2 amide bonds. The lowest BCUT2D eigenvalue weighted by Gasteiger charge is -2.26. The molecule has 2 aromatic carbocycles. The second kappa shape index (κ2) is 11.4. The van der Waals surface area contributed by atoms with Crippen LogP contribution in [0.25, 0.3) is 11.3 Å². The number of aromatic nitrogens is 2. The number of rotatable bonds is 7. The molecule has 0 atom stereocenters. The van der Waals surface area contributed by atoms with Gasteiger partial charge in [-0.3, -0.25) is 9.59 Å². The zero-order valence-corrected chi connectivity index (χ0v) is 19.5. The summed E-state index contributed by atoms with van der Waals surface area (Å²) in [6.45, 7) is 6.53. The molecule has 0 bridgehead atoms. The fourth-order valence-corrected chi connectivity index (χ4v) is 4.07. The summed E-state index contributed by atoms with van der Waals surface area (Å²) in [5.41, 5.74) is 2.02. The standard InChI is InChI=1S/C27H28FN5O2/c1-2-15-33(27(35)22-7-4-3-5-8-22)20-26(34)32-17-6-16-31(18-19-32)25-14-13-24(29-30-25)21-9-11-23(28)12-10-21/h2-5,7-14H,1,6,15-20H2. The molecule has 4 rings (SSSR count). The first-order valence-electron chi connectivity index (χ1n) is 11.6. The second-order valence-corrected chi connectivity index (χ2v) is 8.35. The molecule has 35 heavy (non-hydrogen) atoms. The van der Waals surface area contributed by atoms with E-state index in [4.69, 9.17) is 0 Å². The largest absolute Gasteiger partial charge is 0.353 e. The van der Waals surface area contributed by atoms with Crippen molar-refractivity contribution < 1.29 is 14.0 Å². The molecule has 7 nitrogen and oxygen atoms in total. The van der Waals surface area contributed by atoms with E-state index in [9.17, 15) is 14.0 Å². The second-order valence-electron chi connectivity index (χ2n) is 8.35. The van der Waals surface area contributed by atoms with Crippen LogP contribution in [-0.2, 0) is 4.79 Å². The number of nitrogens with zero attached hydrogens (tertiary/aromatic N) is 5. The number of amides is 2. The molecule has 0 unspecified atom stereocenters. The third-order valence-corrected chi connectivity index (χ3v) is 5.95. The minimum atomic E-state index is -0.293. The molecule has 0 saturated carbocycles. The number of carbonyl (C=O) groups is 2. The van der Waals surface area contributed by atoms with E-state index in [1.807, 2.05) is 18.2 Å². The molecule has 8 heteroatoms. The Morgan fingerprint density at radius 2 is 1.71 bits per heavy atom. The van der Waals surface area contributed by atoms with E-state index in [2.05, 4.69) is 21.7 Å². The molecule has 180 valence electrons. The Bertz CT molecular complexity index is 1150. The Morgan fingerprint density at radius 3 is 2.40 bits per heavy atom. The zero-order chi connectivity index (χ0) is 24.6. The quantitative estimate of drug-likeness (QED) is 0.490. The first-order valence-corrected chi connectivity index (χ1v) is 11.6. The Balaban J connectivity index is 1.37. The molecule has 3 aromatic rings. The molecule has 2 heterocycles. The lowest BCUT2D eigenvalue weighted by Crippen LogP contribution is -2.44. The van der Waals surface area contributed by atoms with Crippen molar-refractivity contribution in [3.63, 3.8) is 0 Å². The number of carbonyl (C=O) groups excluding carboxylic acids is 2. The minimum Gasteiger partial charge on any atom is -0.353 e. The summed E-state index contributed by atoms with van der Waals surface area (Å²) < 4.78 is 13.2. The lowest BCUT2D eigenvalue weighted by atomic mass is 10.1. The maximum Gasteiger partial charge on any atom is 0.254 e. The number of hydrogen-bond acceptors (Lipinski definition) is 5. The van der Waals surface area contributed by atoms with Crippen molar-refractivity contribution >= 4 is 17.6 Å². The maximum absolute atomic E-state index is 13.2. The van der Waals surface area contributed by atoms with Gasteiger partial charge in [-0.2, -0.15) is 0 Å². The Kier molecular flexibility index (Phi) is 7.82. The third-order valence-electron chi connectivity index (χ3n) is 5.95. The third kappa shape index (κ3) is 6.09. The van der Waals surface area contributed by atoms with Crippen LogP contribution in [0.15, 0.2) is 79.4 Å². The Morgan fingerprint density at radius 1 is 0.943 bits per heavy atom. The molecule has 1 saturated heterocycles. The lowest BCUT2D eigenvalue weighted by molar-refractivity contribution is -0.131. The summed E-state index contributed by atoms with van der Waals surface area (Å²) in [6.07, 6.45) is 2.41. The first-order chi connectivity index (χ1) is 17.0. The van der Waals surface area contributed by atoms with Gasteiger partial charge in [0.25, 0.3) is 5.91 Å². The Labute approximate surface area is 204 Å². The van der Waals surface area contributed by atoms with Crippen molar-refractivity contribution in [1.29, 1.82) is 0 Å². The van der Waals surface area contributed by atoms with Gasteiger partial charge >= 0.3 is 0 Å². The highest BCUT2D eigenvalue weighted by Crippen LogP contribution is 2.20. The van der Waals surface area contributed by atoms with Gasteiger partial charge in [-0.25, -0.2) is 4.39 Å². The minimum absolute atomic E-state index is 0.00587. The highest BCUT2D eigenvalue weighted by Gasteiger charge is 2.24. The zero-order valence-electron chi connectivity index (χ0n) is 19.5. The van der Waals surface area contributed by atoms with Crippen molar-refractivity contribution in [3.05, 3.63) is 90.8 Å². The normalized spacial score (nSPS) is 13.7. The van der Waals surface area contributed by atoms with Crippen molar-refractivity contribution in [2.45, 2.75) is 6.42 Å². The SMILES string of the molecule is C=CCN(CC(=O)N1CCCN(c2ccc(-c3ccc(F)cc3)nn2)CC1)C(=O)c1ccccc1. The molecular weight excluding hydrogens is 445 g/mol. The van der Waals surface area contributed by atoms with Crippen molar-refractivity contribution in [2.75, 3.05) is 44.2 Å². The van der Waals surface area contributed by atoms with Gasteiger partial charge in [-0.05, 0) is 55.0 Å². The van der Waals surface area contributed by atoms with Gasteiger partial charge < -0.3 is 14.7 Å². The average Bonchev–Trinajstić information content (AvgIpc) is 3.16. The molecule has 0 N–H and O–H groups in total. The summed E-state index contributed by atoms with van der Waals surface area (Å²) in [5, 5.41) is 8.66. The molecule has 1 aliphatic heterocycles. The number of halogens is 1. The fraction of sp³-hybridized carbons (Fsp3) is 0.259. The van der Waals surface area contributed by atoms with Crippen molar-refractivity contribution in [3.8, 4) is 11.3 Å². The summed E-state index contributed by atoms with van der Waals surface area (Å²) in [4.78, 5) is 31.4. The Hall–Kier alpha value is -4.07. The van der Waals surface area contributed by atoms with Gasteiger partial charge in [0, 0.05) is 43.9 Å². The summed E-state index contributed by atoms with van der Waals surface area (Å²) in [6, 6.07) is 18.9. The van der Waals surface area contributed by atoms with Crippen LogP contribution in [0.3, 0.4) is 0 Å². The van der Waals surface area contributed by atoms with Crippen LogP contribution in [0.2, 0.25) is 0 Å². The van der Waals surface area contributed by atoms with E-state index < -0.39 is 0 Å². The molecule has 1 fully saturated rings. The summed E-state index contributed by atoms with van der Waals surface area (Å²) in [5.74, 6) is 0.166. The van der Waals surface area contributed by atoms with Crippen LogP contribution in [-0.4, -0.2) is 71.1 Å². The van der Waals surface area contributed by atoms with E-state index in [0.29, 0.717) is 37.4 Å². The predicted molar refractivity (Wildman–Crippen MR) is 133 cm³/mol. The van der Waals surface area contributed by atoms with Crippen molar-refractivity contribution in [2.24, 2.45) is 0 Å². The van der Waals surface area contributed by atoms with Crippen LogP contribution in [0, 0.1) is 5.82 Å². The van der Waals surface area contributed by atoms with Gasteiger partial charge in [-0.1, -0.05) is 24.3 Å². The maximum atomic E-state index is 13.2. The molecule has 0 radical (unpaired) electrons. The van der Waals surface area contributed by atoms with E-state index in [-0.39, 0.29) is 24.2 Å². The number of benzene rings is 2. The molecule has 0 spiro atoms. The predicted octanol–water partition coefficient (Wildman–Crippen LogP) is 3.65. The topological polar surface area (TPSA) is 69.6 Å². The smallest absolute Gasteiger partial charge is 0.254 e. The van der Waals surface area contributed by atoms with E-state index >= 15 is 0 Å². The van der Waals surface area contributed by atoms with Crippen LogP contribution in [0.5, 0.6) is 0 Å². The molecular formula is C27H28FN5O2. The van der Waals surface area contributed by atoms with Gasteiger partial charge in [0.1, 0.15) is 12.4 Å². The number of anilines is 1. The van der Waals surface area contributed by atoms with Crippen molar-refractivity contribution in [1.82, 2.24) is 20.0 Å². The average molecular weight is 474 g/mol. The van der Waals surface area contributed by atoms with Gasteiger partial charge in [0.2, 0.25) is 5.91 Å². The van der Waals surface area contributed by atoms with Gasteiger partial charge in [0.05, 0.1) is 5.69 Å². The van der Waals surface area contributed by atoms with Gasteiger partial charge in [0.15, 0.2) is 5.82 Å². The molecule has 0 aliphatic carbocycles. The summed E-state index contributed by atoms with van der Waals surface area (Å²) >= 11 is 0. The van der Waals surface area contributed by atoms with Crippen LogP contribution >= 0.6 is 0 Å². The van der Waals surface area contributed by atoms with E-state index in [1.165, 1.54) is 17.0 Å². The molecule has 1 aromatic heterocycles. The van der Waals surface area contributed by atoms with Gasteiger partial charge in [-0.15, -0.1) is 16.8 Å². The summed E-state index contributed by atoms with van der Waals surface area (Å²) in [7, 11) is 0. The van der Waals surface area contributed by atoms with Crippen LogP contribution in [0.4, 0.5) is 10.2 Å². The number of hydrogen-bond donors (Lipinski definition) is 0.